The lowest BCUT2D eigenvalue weighted by atomic mass is 10.1. The lowest BCUT2D eigenvalue weighted by Crippen LogP contribution is -2.24. The van der Waals surface area contributed by atoms with Gasteiger partial charge in [-0.2, -0.15) is 0 Å². The maximum Gasteiger partial charge on any atom is 0.262 e. The van der Waals surface area contributed by atoms with Crippen molar-refractivity contribution in [3.8, 4) is 5.75 Å². The number of aryl methyl sites for hydroxylation is 1. The second-order valence-electron chi connectivity index (χ2n) is 7.96. The van der Waals surface area contributed by atoms with Crippen LogP contribution in [0.3, 0.4) is 0 Å². The molecule has 8 nitrogen and oxygen atoms in total. The first kappa shape index (κ1) is 23.1. The Balaban J connectivity index is 1.64. The van der Waals surface area contributed by atoms with Crippen LogP contribution in [-0.2, 0) is 11.3 Å². The van der Waals surface area contributed by atoms with Gasteiger partial charge in [-0.1, -0.05) is 49.3 Å². The minimum absolute atomic E-state index is 0.0894. The Bertz CT molecular complexity index is 1380. The summed E-state index contributed by atoms with van der Waals surface area (Å²) in [6, 6.07) is 12.4. The third kappa shape index (κ3) is 4.84. The van der Waals surface area contributed by atoms with Gasteiger partial charge in [0.15, 0.2) is 5.16 Å². The van der Waals surface area contributed by atoms with Crippen molar-refractivity contribution >= 4 is 51.6 Å². The predicted octanol–water partition coefficient (Wildman–Crippen LogP) is 4.48. The fourth-order valence-electron chi connectivity index (χ4n) is 3.51. The molecule has 1 N–H and O–H groups in total. The van der Waals surface area contributed by atoms with Crippen LogP contribution in [0.2, 0.25) is 5.02 Å². The van der Waals surface area contributed by atoms with Gasteiger partial charge in [0.05, 0.1) is 29.5 Å². The van der Waals surface area contributed by atoms with Gasteiger partial charge in [0.2, 0.25) is 11.7 Å². The van der Waals surface area contributed by atoms with E-state index in [2.05, 4.69) is 29.4 Å². The molecule has 0 fully saturated rings. The van der Waals surface area contributed by atoms with Crippen LogP contribution in [0.1, 0.15) is 20.3 Å². The van der Waals surface area contributed by atoms with Crippen molar-refractivity contribution in [3.63, 3.8) is 0 Å². The second kappa shape index (κ2) is 9.84. The lowest BCUT2D eigenvalue weighted by molar-refractivity contribution is -0.113. The molecule has 0 unspecified atom stereocenters. The molecule has 0 saturated heterocycles. The molecule has 4 aromatic rings. The van der Waals surface area contributed by atoms with Crippen molar-refractivity contribution in [1.82, 2.24) is 19.2 Å². The molecule has 2 heterocycles. The molecule has 0 aliphatic rings. The molecule has 172 valence electrons. The number of carbonyl (C=O) groups excluding carboxylic acids is 1. The Morgan fingerprint density at radius 1 is 1.21 bits per heavy atom. The van der Waals surface area contributed by atoms with Crippen molar-refractivity contribution in [3.05, 3.63) is 57.8 Å². The molecule has 0 aliphatic heterocycles. The minimum atomic E-state index is -0.241. The Kier molecular flexibility index (Phi) is 6.90. The Morgan fingerprint density at radius 2 is 2.00 bits per heavy atom. The SMILES string of the molecule is COc1ccc(Cl)cc1NC(=O)CSc1nnc2n(CCC(C)C)c(=O)c3ccccc3n12. The average molecular weight is 486 g/mol. The molecule has 1 amide bonds. The summed E-state index contributed by atoms with van der Waals surface area (Å²) in [5, 5.41) is 13.0. The Hall–Kier alpha value is -3.04. The van der Waals surface area contributed by atoms with Crippen LogP contribution in [0.15, 0.2) is 52.4 Å². The summed E-state index contributed by atoms with van der Waals surface area (Å²) < 4.78 is 8.79. The number of hydrogen-bond acceptors (Lipinski definition) is 6. The molecule has 10 heteroatoms. The number of carbonyl (C=O) groups is 1. The van der Waals surface area contributed by atoms with Crippen LogP contribution in [0.25, 0.3) is 16.7 Å². The van der Waals surface area contributed by atoms with Gasteiger partial charge >= 0.3 is 0 Å². The molecule has 2 aromatic carbocycles. The van der Waals surface area contributed by atoms with Crippen molar-refractivity contribution in [2.75, 3.05) is 18.2 Å². The van der Waals surface area contributed by atoms with E-state index in [1.165, 1.54) is 18.9 Å². The second-order valence-corrected chi connectivity index (χ2v) is 9.33. The van der Waals surface area contributed by atoms with E-state index < -0.39 is 0 Å². The first-order chi connectivity index (χ1) is 15.9. The standard InChI is InChI=1S/C23H24ClN5O3S/c1-14(2)10-11-28-21(31)16-6-4-5-7-18(16)29-22(28)26-27-23(29)33-13-20(30)25-17-12-15(24)8-9-19(17)32-3/h4-9,12,14H,10-11,13H2,1-3H3,(H,25,30). The number of nitrogens with one attached hydrogen (secondary N) is 1. The Morgan fingerprint density at radius 3 is 2.76 bits per heavy atom. The number of hydrogen-bond donors (Lipinski definition) is 1. The van der Waals surface area contributed by atoms with E-state index in [-0.39, 0.29) is 17.2 Å². The van der Waals surface area contributed by atoms with Gasteiger partial charge in [-0.15, -0.1) is 10.2 Å². The van der Waals surface area contributed by atoms with E-state index in [0.29, 0.717) is 50.8 Å². The van der Waals surface area contributed by atoms with Crippen molar-refractivity contribution < 1.29 is 9.53 Å². The number of aromatic nitrogens is 4. The maximum absolute atomic E-state index is 13.1. The minimum Gasteiger partial charge on any atom is -0.495 e. The topological polar surface area (TPSA) is 90.5 Å². The summed E-state index contributed by atoms with van der Waals surface area (Å²) in [6.07, 6.45) is 0.840. The molecule has 33 heavy (non-hydrogen) atoms. The average Bonchev–Trinajstić information content (AvgIpc) is 3.21. The number of amides is 1. The number of rotatable bonds is 8. The van der Waals surface area contributed by atoms with Crippen LogP contribution >= 0.6 is 23.4 Å². The zero-order valence-corrected chi connectivity index (χ0v) is 20.1. The van der Waals surface area contributed by atoms with Gasteiger partial charge in [-0.3, -0.25) is 18.6 Å². The van der Waals surface area contributed by atoms with E-state index in [1.807, 2.05) is 22.6 Å². The number of fused-ring (bicyclic) bond motifs is 3. The molecular formula is C23H24ClN5O3S. The van der Waals surface area contributed by atoms with Gasteiger partial charge in [0.25, 0.3) is 5.56 Å². The first-order valence-corrected chi connectivity index (χ1v) is 11.9. The highest BCUT2D eigenvalue weighted by molar-refractivity contribution is 7.99. The van der Waals surface area contributed by atoms with Crippen molar-refractivity contribution in [2.24, 2.45) is 5.92 Å². The molecule has 0 spiro atoms. The van der Waals surface area contributed by atoms with Gasteiger partial charge in [-0.05, 0) is 42.7 Å². The zero-order chi connectivity index (χ0) is 23.5. The summed E-state index contributed by atoms with van der Waals surface area (Å²) in [4.78, 5) is 25.8. The smallest absolute Gasteiger partial charge is 0.262 e. The van der Waals surface area contributed by atoms with Crippen LogP contribution in [0.5, 0.6) is 5.75 Å². The Labute approximate surface area is 199 Å². The molecule has 0 aliphatic carbocycles. The van der Waals surface area contributed by atoms with Crippen molar-refractivity contribution in [1.29, 1.82) is 0 Å². The largest absolute Gasteiger partial charge is 0.495 e. The number of methoxy groups -OCH3 is 1. The summed E-state index contributed by atoms with van der Waals surface area (Å²) >= 11 is 7.29. The van der Waals surface area contributed by atoms with Crippen molar-refractivity contribution in [2.45, 2.75) is 32.0 Å². The van der Waals surface area contributed by atoms with Gasteiger partial charge in [-0.25, -0.2) is 0 Å². The number of nitrogens with zero attached hydrogens (tertiary/aromatic N) is 4. The van der Waals surface area contributed by atoms with E-state index in [4.69, 9.17) is 16.3 Å². The molecule has 0 radical (unpaired) electrons. The quantitative estimate of drug-likeness (QED) is 0.370. The molecular weight excluding hydrogens is 462 g/mol. The summed E-state index contributed by atoms with van der Waals surface area (Å²) in [5.74, 6) is 1.28. The van der Waals surface area contributed by atoms with Gasteiger partial charge < -0.3 is 10.1 Å². The fraction of sp³-hybridized carbons (Fsp3) is 0.304. The number of ether oxygens (including phenoxy) is 1. The van der Waals surface area contributed by atoms with Crippen LogP contribution in [0, 0.1) is 5.92 Å². The highest BCUT2D eigenvalue weighted by Gasteiger charge is 2.18. The van der Waals surface area contributed by atoms with Gasteiger partial charge in [0, 0.05) is 11.6 Å². The molecule has 4 rings (SSSR count). The fourth-order valence-corrected chi connectivity index (χ4v) is 4.42. The highest BCUT2D eigenvalue weighted by Crippen LogP contribution is 2.28. The summed E-state index contributed by atoms with van der Waals surface area (Å²) in [6.45, 7) is 4.77. The maximum atomic E-state index is 13.1. The van der Waals surface area contributed by atoms with Crippen LogP contribution < -0.4 is 15.6 Å². The number of thioether (sulfide) groups is 1. The normalized spacial score (nSPS) is 11.4. The van der Waals surface area contributed by atoms with Crippen LogP contribution in [0.4, 0.5) is 5.69 Å². The van der Waals surface area contributed by atoms with E-state index in [1.54, 1.807) is 28.8 Å². The summed E-state index contributed by atoms with van der Waals surface area (Å²) in [5.41, 5.74) is 1.12. The molecule has 0 atom stereocenters. The lowest BCUT2D eigenvalue weighted by Gasteiger charge is -2.12. The summed E-state index contributed by atoms with van der Waals surface area (Å²) in [7, 11) is 1.53. The predicted molar refractivity (Wildman–Crippen MR) is 132 cm³/mol. The number of halogens is 1. The third-order valence-corrected chi connectivity index (χ3v) is 6.34. The zero-order valence-electron chi connectivity index (χ0n) is 18.5. The number of benzene rings is 2. The third-order valence-electron chi connectivity index (χ3n) is 5.18. The van der Waals surface area contributed by atoms with E-state index in [9.17, 15) is 9.59 Å². The monoisotopic (exact) mass is 485 g/mol. The highest BCUT2D eigenvalue weighted by atomic mass is 35.5. The molecule has 0 saturated carbocycles. The molecule has 0 bridgehead atoms. The molecule has 2 aromatic heterocycles. The van der Waals surface area contributed by atoms with E-state index >= 15 is 0 Å². The number of anilines is 1. The van der Waals surface area contributed by atoms with E-state index in [0.717, 1.165) is 6.42 Å². The van der Waals surface area contributed by atoms with Gasteiger partial charge in [0.1, 0.15) is 5.75 Å². The first-order valence-electron chi connectivity index (χ1n) is 10.5. The number of para-hydroxylation sites is 1. The van der Waals surface area contributed by atoms with Crippen LogP contribution in [-0.4, -0.2) is 37.9 Å².